The van der Waals surface area contributed by atoms with Crippen molar-refractivity contribution in [1.82, 2.24) is 0 Å². The Bertz CT molecular complexity index is 1340. The van der Waals surface area contributed by atoms with Gasteiger partial charge in [0, 0.05) is 11.4 Å². The molecule has 0 aliphatic carbocycles. The fraction of sp³-hybridized carbons (Fsp3) is 0.200. The summed E-state index contributed by atoms with van der Waals surface area (Å²) in [5.74, 6) is -1.29. The van der Waals surface area contributed by atoms with E-state index in [-0.39, 0.29) is 27.8 Å². The van der Waals surface area contributed by atoms with Crippen LogP contribution in [0.2, 0.25) is 0 Å². The number of carbonyl (C=O) groups is 2. The van der Waals surface area contributed by atoms with E-state index in [0.29, 0.717) is 5.69 Å². The molecule has 1 aliphatic heterocycles. The molecule has 0 aromatic heterocycles. The van der Waals surface area contributed by atoms with Crippen LogP contribution in [-0.4, -0.2) is 40.9 Å². The molecule has 0 bridgehead atoms. The van der Waals surface area contributed by atoms with Crippen LogP contribution in [0.15, 0.2) is 70.1 Å². The first kappa shape index (κ1) is 24.4. The monoisotopic (exact) mass is 494 g/mol. The second-order valence-corrected chi connectivity index (χ2v) is 10.4. The molecule has 0 fully saturated rings. The largest absolute Gasteiger partial charge is 0.464 e. The van der Waals surface area contributed by atoms with Gasteiger partial charge in [0.1, 0.15) is 5.70 Å². The first-order chi connectivity index (χ1) is 15.3. The van der Waals surface area contributed by atoms with Crippen molar-refractivity contribution >= 4 is 43.3 Å². The number of carbonyl (C=O) groups excluding carboxylic acids is 2. The van der Waals surface area contributed by atoms with Gasteiger partial charge in [-0.3, -0.25) is 9.69 Å². The molecule has 2 aromatic rings. The second-order valence-electron chi connectivity index (χ2n) is 7.30. The summed E-state index contributed by atoms with van der Waals surface area (Å²) < 4.78 is 51.1. The van der Waals surface area contributed by atoms with Crippen LogP contribution in [0.5, 0.6) is 0 Å². The number of nitrogens with one attached hydrogen (secondary N) is 1. The van der Waals surface area contributed by atoms with E-state index in [4.69, 9.17) is 15.0 Å². The molecule has 0 spiro atoms. The average Bonchev–Trinajstić information content (AvgIpc) is 2.98. The van der Waals surface area contributed by atoms with Crippen molar-refractivity contribution < 1.29 is 31.2 Å². The van der Waals surface area contributed by atoms with Crippen LogP contribution in [0.25, 0.3) is 0 Å². The third kappa shape index (κ3) is 4.90. The predicted octanol–water partition coefficient (Wildman–Crippen LogP) is 0.646. The number of nitrogens with zero attached hydrogens (tertiary/aromatic N) is 1. The molecule has 1 atom stereocenters. The van der Waals surface area contributed by atoms with Crippen LogP contribution < -0.4 is 20.5 Å². The van der Waals surface area contributed by atoms with Crippen molar-refractivity contribution in [3.63, 3.8) is 0 Å². The van der Waals surface area contributed by atoms with Crippen LogP contribution in [-0.2, 0) is 34.4 Å². The highest BCUT2D eigenvalue weighted by atomic mass is 32.2. The molecule has 33 heavy (non-hydrogen) atoms. The summed E-state index contributed by atoms with van der Waals surface area (Å²) in [7, 11) is -7.83. The molecule has 3 rings (SSSR count). The lowest BCUT2D eigenvalue weighted by Crippen LogP contribution is -2.51. The van der Waals surface area contributed by atoms with Gasteiger partial charge in [-0.2, -0.15) is 0 Å². The number of ether oxygens (including phenoxy) is 1. The molecule has 0 radical (unpaired) electrons. The van der Waals surface area contributed by atoms with Gasteiger partial charge in [-0.1, -0.05) is 0 Å². The Balaban J connectivity index is 1.99. The third-order valence-corrected chi connectivity index (χ3v) is 6.76. The Kier molecular flexibility index (Phi) is 6.35. The van der Waals surface area contributed by atoms with Gasteiger partial charge in [0.05, 0.1) is 16.4 Å². The van der Waals surface area contributed by atoms with Crippen LogP contribution >= 0.6 is 0 Å². The number of anilines is 2. The Morgan fingerprint density at radius 1 is 0.970 bits per heavy atom. The van der Waals surface area contributed by atoms with Gasteiger partial charge in [-0.25, -0.2) is 31.9 Å². The number of hydrogen-bond donors (Lipinski definition) is 3. The Morgan fingerprint density at radius 3 is 1.91 bits per heavy atom. The molecule has 13 heteroatoms. The molecule has 176 valence electrons. The summed E-state index contributed by atoms with van der Waals surface area (Å²) in [5, 5.41) is 13.1. The second kappa shape index (κ2) is 8.59. The molecular weight excluding hydrogens is 472 g/mol. The van der Waals surface area contributed by atoms with Crippen LogP contribution in [0.4, 0.5) is 11.4 Å². The van der Waals surface area contributed by atoms with Gasteiger partial charge in [0.2, 0.25) is 20.0 Å². The first-order valence-corrected chi connectivity index (χ1v) is 12.6. The minimum absolute atomic E-state index is 0.0319. The molecule has 11 nitrogen and oxygen atoms in total. The smallest absolute Gasteiger partial charge is 0.336 e. The SMILES string of the molecule is CCOC(=O)C1(C)C=C(Nc2ccc(S(N)(=O)=O)cc2)C(=O)N1c1ccc(S(N)(=O)=O)cc1. The summed E-state index contributed by atoms with van der Waals surface area (Å²) in [6, 6.07) is 10.5. The van der Waals surface area contributed by atoms with E-state index >= 15 is 0 Å². The van der Waals surface area contributed by atoms with E-state index in [1.54, 1.807) is 6.92 Å². The van der Waals surface area contributed by atoms with Crippen LogP contribution in [0, 0.1) is 0 Å². The van der Waals surface area contributed by atoms with E-state index in [0.717, 1.165) is 0 Å². The van der Waals surface area contributed by atoms with E-state index < -0.39 is 37.5 Å². The maximum Gasteiger partial charge on any atom is 0.336 e. The molecule has 1 unspecified atom stereocenters. The van der Waals surface area contributed by atoms with Crippen molar-refractivity contribution in [1.29, 1.82) is 0 Å². The van der Waals surface area contributed by atoms with E-state index in [1.807, 2.05) is 0 Å². The third-order valence-electron chi connectivity index (χ3n) is 4.90. The Labute approximate surface area is 191 Å². The van der Waals surface area contributed by atoms with Crippen molar-refractivity contribution in [2.75, 3.05) is 16.8 Å². The van der Waals surface area contributed by atoms with E-state index in [1.165, 1.54) is 66.4 Å². The number of nitrogens with two attached hydrogens (primary N) is 2. The summed E-state index contributed by atoms with van der Waals surface area (Å²) in [6.45, 7) is 3.18. The zero-order valence-corrected chi connectivity index (χ0v) is 19.3. The number of rotatable bonds is 7. The van der Waals surface area contributed by atoms with Gasteiger partial charge in [-0.15, -0.1) is 0 Å². The average molecular weight is 495 g/mol. The van der Waals surface area contributed by atoms with Gasteiger partial charge < -0.3 is 10.1 Å². The quantitative estimate of drug-likeness (QED) is 0.469. The highest BCUT2D eigenvalue weighted by Gasteiger charge is 2.49. The highest BCUT2D eigenvalue weighted by molar-refractivity contribution is 7.89. The molecule has 0 saturated heterocycles. The van der Waals surface area contributed by atoms with Crippen molar-refractivity contribution in [2.45, 2.75) is 29.2 Å². The molecular formula is C20H22N4O7S2. The lowest BCUT2D eigenvalue weighted by atomic mass is 10.0. The number of primary sulfonamides is 2. The van der Waals surface area contributed by atoms with Crippen molar-refractivity contribution in [2.24, 2.45) is 10.3 Å². The van der Waals surface area contributed by atoms with Gasteiger partial charge >= 0.3 is 5.97 Å². The minimum atomic E-state index is -3.95. The molecule has 0 saturated carbocycles. The highest BCUT2D eigenvalue weighted by Crippen LogP contribution is 2.35. The molecule has 5 N–H and O–H groups in total. The Morgan fingerprint density at radius 2 is 1.45 bits per heavy atom. The summed E-state index contributed by atoms with van der Waals surface area (Å²) >= 11 is 0. The molecule has 1 heterocycles. The molecule has 2 aromatic carbocycles. The summed E-state index contributed by atoms with van der Waals surface area (Å²) in [6.07, 6.45) is 1.38. The molecule has 1 amide bonds. The van der Waals surface area contributed by atoms with E-state index in [9.17, 15) is 26.4 Å². The van der Waals surface area contributed by atoms with Crippen LogP contribution in [0.3, 0.4) is 0 Å². The van der Waals surface area contributed by atoms with Gasteiger partial charge in [-0.05, 0) is 68.5 Å². The lowest BCUT2D eigenvalue weighted by Gasteiger charge is -2.32. The van der Waals surface area contributed by atoms with E-state index in [2.05, 4.69) is 5.32 Å². The topological polar surface area (TPSA) is 179 Å². The number of amides is 1. The zero-order chi connectivity index (χ0) is 24.6. The predicted molar refractivity (Wildman–Crippen MR) is 120 cm³/mol. The normalized spacial score (nSPS) is 18.7. The lowest BCUT2D eigenvalue weighted by molar-refractivity contribution is -0.147. The summed E-state index contributed by atoms with van der Waals surface area (Å²) in [4.78, 5) is 27.0. The number of benzene rings is 2. The maximum absolute atomic E-state index is 13.3. The van der Waals surface area contributed by atoms with Crippen LogP contribution in [0.1, 0.15) is 13.8 Å². The maximum atomic E-state index is 13.3. The van der Waals surface area contributed by atoms with Gasteiger partial charge in [0.25, 0.3) is 5.91 Å². The number of hydrogen-bond acceptors (Lipinski definition) is 8. The van der Waals surface area contributed by atoms with Gasteiger partial charge in [0.15, 0.2) is 5.54 Å². The molecule has 1 aliphatic rings. The van der Waals surface area contributed by atoms with Crippen molar-refractivity contribution in [3.05, 3.63) is 60.3 Å². The number of sulfonamides is 2. The zero-order valence-electron chi connectivity index (χ0n) is 17.7. The first-order valence-electron chi connectivity index (χ1n) is 9.55. The Hall–Kier alpha value is -3.26. The minimum Gasteiger partial charge on any atom is -0.464 e. The number of esters is 1. The summed E-state index contributed by atoms with van der Waals surface area (Å²) in [5.41, 5.74) is -0.899. The fourth-order valence-corrected chi connectivity index (χ4v) is 4.34. The van der Waals surface area contributed by atoms with Crippen molar-refractivity contribution in [3.8, 4) is 0 Å². The standard InChI is InChI=1S/C20H22N4O7S2/c1-3-31-19(26)20(2)12-17(23-13-4-8-15(9-5-13)32(21,27)28)18(25)24(20)14-6-10-16(11-7-14)33(22,29)30/h4-12,23H,3H2,1-2H3,(H2,21,27,28)(H2,22,29,30). The fourth-order valence-electron chi connectivity index (χ4n) is 3.31.